The lowest BCUT2D eigenvalue weighted by Gasteiger charge is -2.28. The second-order valence-corrected chi connectivity index (χ2v) is 5.45. The average molecular weight is 299 g/mol. The summed E-state index contributed by atoms with van der Waals surface area (Å²) in [7, 11) is 1.98. The fourth-order valence-corrected chi connectivity index (χ4v) is 2.76. The molecule has 1 aromatic carbocycles. The van der Waals surface area contributed by atoms with Gasteiger partial charge in [-0.15, -0.1) is 0 Å². The Hall–Kier alpha value is -0.540. The van der Waals surface area contributed by atoms with E-state index >= 15 is 0 Å². The van der Waals surface area contributed by atoms with Crippen LogP contribution in [0.25, 0.3) is 0 Å². The quantitative estimate of drug-likeness (QED) is 0.885. The summed E-state index contributed by atoms with van der Waals surface area (Å²) in [5.74, 6) is 0. The van der Waals surface area contributed by atoms with E-state index in [1.165, 1.54) is 15.7 Å². The molecule has 0 spiro atoms. The van der Waals surface area contributed by atoms with E-state index in [0.29, 0.717) is 12.1 Å². The molecule has 0 aliphatic heterocycles. The SMILES string of the molecule is CCN(c1ccc(C(C)NC)c(Br)c1)C(C)C. The molecular weight excluding hydrogens is 276 g/mol. The summed E-state index contributed by atoms with van der Waals surface area (Å²) in [4.78, 5) is 2.39. The van der Waals surface area contributed by atoms with Crippen LogP contribution in [0.2, 0.25) is 0 Å². The van der Waals surface area contributed by atoms with Gasteiger partial charge in [0.05, 0.1) is 0 Å². The Kier molecular flexibility index (Phi) is 5.47. The molecule has 3 heteroatoms. The number of nitrogens with one attached hydrogen (secondary N) is 1. The molecule has 0 aliphatic carbocycles. The Labute approximate surface area is 114 Å². The molecule has 0 bridgehead atoms. The van der Waals surface area contributed by atoms with Crippen molar-refractivity contribution in [2.24, 2.45) is 0 Å². The lowest BCUT2D eigenvalue weighted by atomic mass is 10.1. The van der Waals surface area contributed by atoms with E-state index in [4.69, 9.17) is 0 Å². The van der Waals surface area contributed by atoms with Crippen LogP contribution < -0.4 is 10.2 Å². The normalized spacial score (nSPS) is 12.9. The number of hydrogen-bond donors (Lipinski definition) is 1. The lowest BCUT2D eigenvalue weighted by molar-refractivity contribution is 0.648. The van der Waals surface area contributed by atoms with Gasteiger partial charge in [0, 0.05) is 28.8 Å². The van der Waals surface area contributed by atoms with Crippen LogP contribution in [0, 0.1) is 0 Å². The molecule has 1 rings (SSSR count). The molecule has 0 heterocycles. The number of nitrogens with zero attached hydrogens (tertiary/aromatic N) is 1. The maximum atomic E-state index is 3.67. The van der Waals surface area contributed by atoms with Crippen LogP contribution in [0.15, 0.2) is 22.7 Å². The predicted molar refractivity (Wildman–Crippen MR) is 79.8 cm³/mol. The minimum atomic E-state index is 0.368. The molecule has 0 aromatic heterocycles. The summed E-state index contributed by atoms with van der Waals surface area (Å²) in [6, 6.07) is 7.52. The predicted octanol–water partition coefficient (Wildman–Crippen LogP) is 3.96. The Morgan fingerprint density at radius 1 is 1.29 bits per heavy atom. The van der Waals surface area contributed by atoms with Crippen LogP contribution in [0.5, 0.6) is 0 Å². The summed E-state index contributed by atoms with van der Waals surface area (Å²) in [6.07, 6.45) is 0. The maximum absolute atomic E-state index is 3.67. The van der Waals surface area contributed by atoms with Crippen molar-refractivity contribution in [2.75, 3.05) is 18.5 Å². The molecule has 0 saturated carbocycles. The Balaban J connectivity index is 3.03. The van der Waals surface area contributed by atoms with Gasteiger partial charge in [-0.25, -0.2) is 0 Å². The largest absolute Gasteiger partial charge is 0.369 e. The fourth-order valence-electron chi connectivity index (χ4n) is 2.05. The van der Waals surface area contributed by atoms with Crippen LogP contribution in [-0.2, 0) is 0 Å². The third-order valence-corrected chi connectivity index (χ3v) is 3.87. The summed E-state index contributed by atoms with van der Waals surface area (Å²) in [5.41, 5.74) is 2.58. The van der Waals surface area contributed by atoms with Crippen molar-refractivity contribution < 1.29 is 0 Å². The molecule has 1 atom stereocenters. The molecule has 0 aliphatic rings. The van der Waals surface area contributed by atoms with Crippen molar-refractivity contribution >= 4 is 21.6 Å². The minimum Gasteiger partial charge on any atom is -0.369 e. The molecule has 0 amide bonds. The number of hydrogen-bond acceptors (Lipinski definition) is 2. The van der Waals surface area contributed by atoms with Gasteiger partial charge in [0.25, 0.3) is 0 Å². The van der Waals surface area contributed by atoms with Gasteiger partial charge >= 0.3 is 0 Å². The zero-order valence-electron chi connectivity index (χ0n) is 11.4. The number of halogens is 1. The molecule has 0 radical (unpaired) electrons. The Morgan fingerprint density at radius 3 is 2.35 bits per heavy atom. The van der Waals surface area contributed by atoms with Crippen LogP contribution in [0.1, 0.15) is 39.3 Å². The van der Waals surface area contributed by atoms with Crippen molar-refractivity contribution in [3.63, 3.8) is 0 Å². The highest BCUT2D eigenvalue weighted by Gasteiger charge is 2.12. The molecule has 17 heavy (non-hydrogen) atoms. The third-order valence-electron chi connectivity index (χ3n) is 3.18. The monoisotopic (exact) mass is 298 g/mol. The molecule has 1 N–H and O–H groups in total. The second kappa shape index (κ2) is 6.41. The first-order valence-electron chi connectivity index (χ1n) is 6.24. The van der Waals surface area contributed by atoms with Crippen molar-refractivity contribution in [1.82, 2.24) is 5.32 Å². The summed E-state index contributed by atoms with van der Waals surface area (Å²) < 4.78 is 1.18. The number of anilines is 1. The van der Waals surface area contributed by atoms with Crippen molar-refractivity contribution in [3.8, 4) is 0 Å². The van der Waals surface area contributed by atoms with Crippen molar-refractivity contribution in [2.45, 2.75) is 39.8 Å². The van der Waals surface area contributed by atoms with Crippen molar-refractivity contribution in [3.05, 3.63) is 28.2 Å². The molecule has 96 valence electrons. The number of benzene rings is 1. The van der Waals surface area contributed by atoms with E-state index < -0.39 is 0 Å². The van der Waals surface area contributed by atoms with Crippen LogP contribution in [0.4, 0.5) is 5.69 Å². The second-order valence-electron chi connectivity index (χ2n) is 4.60. The summed E-state index contributed by atoms with van der Waals surface area (Å²) >= 11 is 3.67. The first kappa shape index (κ1) is 14.5. The smallest absolute Gasteiger partial charge is 0.0379 e. The van der Waals surface area contributed by atoms with Gasteiger partial charge in [-0.05, 0) is 52.4 Å². The van der Waals surface area contributed by atoms with Gasteiger partial charge in [0.1, 0.15) is 0 Å². The van der Waals surface area contributed by atoms with E-state index in [2.05, 4.69) is 72.0 Å². The topological polar surface area (TPSA) is 15.3 Å². The minimum absolute atomic E-state index is 0.368. The standard InChI is InChI=1S/C14H23BrN2/c1-6-17(10(2)3)12-7-8-13(11(4)16-5)14(15)9-12/h7-11,16H,6H2,1-5H3. The first-order chi connectivity index (χ1) is 8.01. The highest BCUT2D eigenvalue weighted by molar-refractivity contribution is 9.10. The van der Waals surface area contributed by atoms with E-state index in [0.717, 1.165) is 6.54 Å². The highest BCUT2D eigenvalue weighted by atomic mass is 79.9. The molecule has 1 unspecified atom stereocenters. The molecule has 0 fully saturated rings. The zero-order valence-corrected chi connectivity index (χ0v) is 13.0. The lowest BCUT2D eigenvalue weighted by Crippen LogP contribution is -2.30. The molecule has 2 nitrogen and oxygen atoms in total. The summed E-state index contributed by atoms with van der Waals surface area (Å²) in [5, 5.41) is 3.26. The fraction of sp³-hybridized carbons (Fsp3) is 0.571. The van der Waals surface area contributed by atoms with E-state index in [1.54, 1.807) is 0 Å². The number of rotatable bonds is 5. The average Bonchev–Trinajstić information content (AvgIpc) is 2.28. The van der Waals surface area contributed by atoms with Crippen LogP contribution in [-0.4, -0.2) is 19.6 Å². The van der Waals surface area contributed by atoms with E-state index in [1.807, 2.05) is 7.05 Å². The van der Waals surface area contributed by atoms with Gasteiger partial charge in [-0.1, -0.05) is 22.0 Å². The van der Waals surface area contributed by atoms with Crippen molar-refractivity contribution in [1.29, 1.82) is 0 Å². The van der Waals surface area contributed by atoms with Gasteiger partial charge in [0.2, 0.25) is 0 Å². The maximum Gasteiger partial charge on any atom is 0.0379 e. The van der Waals surface area contributed by atoms with Gasteiger partial charge in [-0.2, -0.15) is 0 Å². The highest BCUT2D eigenvalue weighted by Crippen LogP contribution is 2.28. The molecular formula is C14H23BrN2. The zero-order chi connectivity index (χ0) is 13.0. The van der Waals surface area contributed by atoms with E-state index in [9.17, 15) is 0 Å². The van der Waals surface area contributed by atoms with Gasteiger partial charge in [-0.3, -0.25) is 0 Å². The van der Waals surface area contributed by atoms with Crippen LogP contribution in [0.3, 0.4) is 0 Å². The first-order valence-corrected chi connectivity index (χ1v) is 7.03. The van der Waals surface area contributed by atoms with E-state index in [-0.39, 0.29) is 0 Å². The van der Waals surface area contributed by atoms with Gasteiger partial charge in [0.15, 0.2) is 0 Å². The van der Waals surface area contributed by atoms with Crippen LogP contribution >= 0.6 is 15.9 Å². The summed E-state index contributed by atoms with van der Waals surface area (Å²) in [6.45, 7) is 9.84. The molecule has 0 saturated heterocycles. The Bertz CT molecular complexity index is 363. The third kappa shape index (κ3) is 3.46. The Morgan fingerprint density at radius 2 is 1.94 bits per heavy atom. The van der Waals surface area contributed by atoms with Gasteiger partial charge < -0.3 is 10.2 Å². The molecule has 1 aromatic rings.